The molecule has 0 amide bonds. The van der Waals surface area contributed by atoms with Crippen molar-refractivity contribution in [2.45, 2.75) is 13.1 Å². The van der Waals surface area contributed by atoms with E-state index in [9.17, 15) is 13.9 Å². The highest BCUT2D eigenvalue weighted by Gasteiger charge is 2.07. The van der Waals surface area contributed by atoms with E-state index in [-0.39, 0.29) is 35.2 Å². The molecule has 0 radical (unpaired) electrons. The first-order chi connectivity index (χ1) is 16.5. The predicted molar refractivity (Wildman–Crippen MR) is 127 cm³/mol. The van der Waals surface area contributed by atoms with E-state index in [1.807, 2.05) is 0 Å². The van der Waals surface area contributed by atoms with Crippen LogP contribution in [0.2, 0.25) is 0 Å². The van der Waals surface area contributed by atoms with E-state index in [2.05, 4.69) is 36.1 Å². The van der Waals surface area contributed by atoms with Crippen LogP contribution in [0.3, 0.4) is 0 Å². The summed E-state index contributed by atoms with van der Waals surface area (Å²) >= 11 is 0. The maximum atomic E-state index is 13.1. The minimum absolute atomic E-state index is 0.163. The summed E-state index contributed by atoms with van der Waals surface area (Å²) in [6.45, 7) is 0.746. The quantitative estimate of drug-likeness (QED) is 0.214. The first kappa shape index (κ1) is 22.6. The molecule has 0 unspecified atom stereocenters. The number of rotatable bonds is 9. The summed E-state index contributed by atoms with van der Waals surface area (Å²) in [5.41, 5.74) is 5.23. The number of nitrogens with zero attached hydrogens (tertiary/aromatic N) is 4. The lowest BCUT2D eigenvalue weighted by Gasteiger charge is -2.10. The lowest BCUT2D eigenvalue weighted by molar-refractivity contribution is 0.475. The summed E-state index contributed by atoms with van der Waals surface area (Å²) in [6.07, 6.45) is 1.56. The van der Waals surface area contributed by atoms with Crippen molar-refractivity contribution in [2.24, 2.45) is 5.10 Å². The zero-order valence-electron chi connectivity index (χ0n) is 17.9. The highest BCUT2D eigenvalue weighted by atomic mass is 19.1. The molecule has 4 N–H and O–H groups in total. The van der Waals surface area contributed by atoms with Gasteiger partial charge in [0.2, 0.25) is 17.8 Å². The van der Waals surface area contributed by atoms with Gasteiger partial charge in [-0.15, -0.1) is 0 Å². The lowest BCUT2D eigenvalue weighted by atomic mass is 10.2. The highest BCUT2D eigenvalue weighted by Crippen LogP contribution is 2.13. The van der Waals surface area contributed by atoms with E-state index < -0.39 is 0 Å². The van der Waals surface area contributed by atoms with Crippen LogP contribution in [0.5, 0.6) is 5.75 Å². The number of benzene rings is 3. The molecule has 34 heavy (non-hydrogen) atoms. The number of hydrazone groups is 1. The van der Waals surface area contributed by atoms with Crippen molar-refractivity contribution in [2.75, 3.05) is 16.1 Å². The Morgan fingerprint density at radius 3 is 1.65 bits per heavy atom. The zero-order chi connectivity index (χ0) is 23.8. The number of hydrogen-bond acceptors (Lipinski definition) is 8. The van der Waals surface area contributed by atoms with Crippen LogP contribution < -0.4 is 16.1 Å². The molecular weight excluding hydrogens is 440 g/mol. The van der Waals surface area contributed by atoms with E-state index in [4.69, 9.17) is 0 Å². The number of phenolic OH excluding ortho intramolecular Hbond substituents is 1. The minimum atomic E-state index is -0.311. The third-order valence-corrected chi connectivity index (χ3v) is 4.63. The van der Waals surface area contributed by atoms with Crippen LogP contribution >= 0.6 is 0 Å². The van der Waals surface area contributed by atoms with Gasteiger partial charge in [-0.05, 0) is 65.2 Å². The molecule has 0 aliphatic carbocycles. The van der Waals surface area contributed by atoms with Crippen molar-refractivity contribution < 1.29 is 13.9 Å². The smallest absolute Gasteiger partial charge is 0.250 e. The second kappa shape index (κ2) is 10.8. The molecule has 0 saturated carbocycles. The van der Waals surface area contributed by atoms with Gasteiger partial charge in [-0.25, -0.2) is 14.2 Å². The molecule has 1 aromatic heterocycles. The Morgan fingerprint density at radius 1 is 0.676 bits per heavy atom. The summed E-state index contributed by atoms with van der Waals surface area (Å²) in [7, 11) is 0. The number of aromatic nitrogens is 3. The molecule has 172 valence electrons. The topological polar surface area (TPSA) is 107 Å². The van der Waals surface area contributed by atoms with Crippen molar-refractivity contribution in [3.05, 3.63) is 101 Å². The van der Waals surface area contributed by atoms with Crippen LogP contribution in [0.1, 0.15) is 16.7 Å². The fourth-order valence-electron chi connectivity index (χ4n) is 2.88. The Labute approximate surface area is 194 Å². The van der Waals surface area contributed by atoms with Gasteiger partial charge in [-0.1, -0.05) is 24.3 Å². The van der Waals surface area contributed by atoms with E-state index in [0.29, 0.717) is 13.1 Å². The number of phenols is 1. The number of nitrogens with one attached hydrogen (secondary N) is 3. The normalized spacial score (nSPS) is 10.9. The molecule has 0 bridgehead atoms. The monoisotopic (exact) mass is 461 g/mol. The predicted octanol–water partition coefficient (Wildman–Crippen LogP) is 4.53. The molecule has 0 spiro atoms. The van der Waals surface area contributed by atoms with Gasteiger partial charge in [0.05, 0.1) is 6.21 Å². The van der Waals surface area contributed by atoms with Gasteiger partial charge < -0.3 is 15.7 Å². The van der Waals surface area contributed by atoms with Gasteiger partial charge in [-0.3, -0.25) is 0 Å². The van der Waals surface area contributed by atoms with Crippen LogP contribution in [-0.2, 0) is 13.1 Å². The summed E-state index contributed by atoms with van der Waals surface area (Å²) in [5.74, 6) is 0.291. The van der Waals surface area contributed by atoms with Crippen molar-refractivity contribution >= 4 is 24.1 Å². The fourth-order valence-corrected chi connectivity index (χ4v) is 2.88. The lowest BCUT2D eigenvalue weighted by Crippen LogP contribution is -2.11. The summed E-state index contributed by atoms with van der Waals surface area (Å²) in [6, 6.07) is 18.7. The van der Waals surface area contributed by atoms with Crippen LogP contribution in [0.15, 0.2) is 77.9 Å². The minimum Gasteiger partial charge on any atom is -0.508 e. The molecule has 4 rings (SSSR count). The van der Waals surface area contributed by atoms with Gasteiger partial charge in [0.15, 0.2) is 0 Å². The molecule has 8 nitrogen and oxygen atoms in total. The molecule has 4 aromatic rings. The number of halogens is 2. The van der Waals surface area contributed by atoms with Crippen LogP contribution in [0.4, 0.5) is 26.6 Å². The second-order valence-electron chi connectivity index (χ2n) is 7.23. The Balaban J connectivity index is 1.48. The van der Waals surface area contributed by atoms with Crippen molar-refractivity contribution in [3.63, 3.8) is 0 Å². The average molecular weight is 461 g/mol. The fraction of sp³-hybridized carbons (Fsp3) is 0.0833. The first-order valence-corrected chi connectivity index (χ1v) is 10.3. The summed E-state index contributed by atoms with van der Waals surface area (Å²) in [4.78, 5) is 13.0. The second-order valence-corrected chi connectivity index (χ2v) is 7.23. The average Bonchev–Trinajstić information content (AvgIpc) is 2.85. The van der Waals surface area contributed by atoms with Crippen LogP contribution in [-0.4, -0.2) is 26.3 Å². The van der Waals surface area contributed by atoms with E-state index >= 15 is 0 Å². The molecule has 10 heteroatoms. The molecule has 0 fully saturated rings. The Bertz CT molecular complexity index is 1180. The Hall–Kier alpha value is -4.60. The van der Waals surface area contributed by atoms with E-state index in [0.717, 1.165) is 16.7 Å². The van der Waals surface area contributed by atoms with E-state index in [1.54, 1.807) is 54.7 Å². The summed E-state index contributed by atoms with van der Waals surface area (Å²) in [5, 5.41) is 19.7. The van der Waals surface area contributed by atoms with Crippen LogP contribution in [0.25, 0.3) is 0 Å². The summed E-state index contributed by atoms with van der Waals surface area (Å²) < 4.78 is 26.3. The Kier molecular flexibility index (Phi) is 7.19. The molecule has 1 heterocycles. The zero-order valence-corrected chi connectivity index (χ0v) is 17.9. The van der Waals surface area contributed by atoms with Gasteiger partial charge in [0, 0.05) is 13.1 Å². The molecule has 3 aromatic carbocycles. The molecule has 0 aliphatic rings. The maximum absolute atomic E-state index is 13.1. The largest absolute Gasteiger partial charge is 0.508 e. The van der Waals surface area contributed by atoms with Crippen molar-refractivity contribution in [1.29, 1.82) is 0 Å². The SMILES string of the molecule is Oc1ccc(/C=N/Nc2nc(NCc3ccc(F)cc3)nc(NCc3ccc(F)cc3)n2)cc1. The molecule has 0 aliphatic heterocycles. The van der Waals surface area contributed by atoms with Crippen LogP contribution in [0, 0.1) is 11.6 Å². The molecular formula is C24H21F2N7O. The van der Waals surface area contributed by atoms with Crippen molar-refractivity contribution in [3.8, 4) is 5.75 Å². The maximum Gasteiger partial charge on any atom is 0.250 e. The number of anilines is 3. The van der Waals surface area contributed by atoms with Gasteiger partial charge in [-0.2, -0.15) is 20.1 Å². The molecule has 0 atom stereocenters. The van der Waals surface area contributed by atoms with Gasteiger partial charge >= 0.3 is 0 Å². The standard InChI is InChI=1S/C24H21F2N7O/c25-19-7-1-16(2-8-19)13-27-22-30-23(28-14-17-3-9-20(26)10-4-17)32-24(31-22)33-29-15-18-5-11-21(34)12-6-18/h1-12,15,34H,13-14H2,(H3,27,28,30,31,32,33)/b29-15+. The van der Waals surface area contributed by atoms with Gasteiger partial charge in [0.25, 0.3) is 0 Å². The molecule has 0 saturated heterocycles. The highest BCUT2D eigenvalue weighted by molar-refractivity contribution is 5.80. The van der Waals surface area contributed by atoms with E-state index in [1.165, 1.54) is 24.3 Å². The third-order valence-electron chi connectivity index (χ3n) is 4.63. The first-order valence-electron chi connectivity index (χ1n) is 10.3. The van der Waals surface area contributed by atoms with Crippen molar-refractivity contribution in [1.82, 2.24) is 15.0 Å². The Morgan fingerprint density at radius 2 is 1.15 bits per heavy atom. The number of aromatic hydroxyl groups is 1. The number of hydrogen-bond donors (Lipinski definition) is 4. The third kappa shape index (κ3) is 6.70. The van der Waals surface area contributed by atoms with Gasteiger partial charge in [0.1, 0.15) is 17.4 Å².